The SMILES string of the molecule is COC1(CNC(=NCC(=O)N(C)C)NCCc2cccs2)CCOCC1.I. The van der Waals surface area contributed by atoms with Gasteiger partial charge in [-0.15, -0.1) is 35.3 Å². The number of nitrogens with one attached hydrogen (secondary N) is 2. The average molecular weight is 510 g/mol. The second-order valence-corrected chi connectivity index (χ2v) is 7.59. The van der Waals surface area contributed by atoms with Crippen LogP contribution in [0.25, 0.3) is 0 Å². The Morgan fingerprint density at radius 1 is 1.37 bits per heavy atom. The van der Waals surface area contributed by atoms with Gasteiger partial charge < -0.3 is 25.0 Å². The van der Waals surface area contributed by atoms with E-state index in [0.717, 1.165) is 25.8 Å². The molecule has 0 radical (unpaired) electrons. The molecule has 1 aliphatic rings. The molecule has 27 heavy (non-hydrogen) atoms. The molecule has 2 N–H and O–H groups in total. The third kappa shape index (κ3) is 8.32. The summed E-state index contributed by atoms with van der Waals surface area (Å²) in [6.45, 7) is 2.91. The molecule has 1 aliphatic heterocycles. The van der Waals surface area contributed by atoms with Crippen molar-refractivity contribution in [3.8, 4) is 0 Å². The molecule has 0 spiro atoms. The highest BCUT2D eigenvalue weighted by molar-refractivity contribution is 14.0. The second-order valence-electron chi connectivity index (χ2n) is 6.56. The normalized spacial score (nSPS) is 16.3. The van der Waals surface area contributed by atoms with Crippen molar-refractivity contribution in [2.75, 3.05) is 54.1 Å². The zero-order valence-corrected chi connectivity index (χ0v) is 19.5. The van der Waals surface area contributed by atoms with E-state index in [1.165, 1.54) is 4.88 Å². The van der Waals surface area contributed by atoms with Gasteiger partial charge in [0.2, 0.25) is 5.91 Å². The summed E-state index contributed by atoms with van der Waals surface area (Å²) in [7, 11) is 5.21. The third-order valence-corrected chi connectivity index (χ3v) is 5.47. The van der Waals surface area contributed by atoms with Gasteiger partial charge in [-0.25, -0.2) is 4.99 Å². The lowest BCUT2D eigenvalue weighted by atomic mass is 9.94. The minimum atomic E-state index is -0.250. The number of guanidine groups is 1. The Morgan fingerprint density at radius 3 is 2.70 bits per heavy atom. The van der Waals surface area contributed by atoms with Crippen molar-refractivity contribution in [3.63, 3.8) is 0 Å². The minimum absolute atomic E-state index is 0. The smallest absolute Gasteiger partial charge is 0.243 e. The number of hydrogen-bond acceptors (Lipinski definition) is 5. The van der Waals surface area contributed by atoms with E-state index in [1.807, 2.05) is 0 Å². The monoisotopic (exact) mass is 510 g/mol. The Labute approximate surface area is 182 Å². The van der Waals surface area contributed by atoms with Gasteiger partial charge in [-0.3, -0.25) is 4.79 Å². The highest BCUT2D eigenvalue weighted by Gasteiger charge is 2.32. The molecule has 0 bridgehead atoms. The Balaban J connectivity index is 0.00000364. The van der Waals surface area contributed by atoms with Crippen LogP contribution in [0, 0.1) is 0 Å². The van der Waals surface area contributed by atoms with Crippen LogP contribution in [-0.2, 0) is 20.7 Å². The van der Waals surface area contributed by atoms with E-state index in [-0.39, 0.29) is 42.0 Å². The largest absolute Gasteiger partial charge is 0.381 e. The summed E-state index contributed by atoms with van der Waals surface area (Å²) in [5.41, 5.74) is -0.250. The first-order chi connectivity index (χ1) is 12.5. The van der Waals surface area contributed by atoms with E-state index in [2.05, 4.69) is 33.1 Å². The van der Waals surface area contributed by atoms with E-state index in [1.54, 1.807) is 37.4 Å². The molecular weight excluding hydrogens is 479 g/mol. The Hall–Kier alpha value is -0.910. The van der Waals surface area contributed by atoms with Crippen LogP contribution < -0.4 is 10.6 Å². The second kappa shape index (κ2) is 12.5. The number of carbonyl (C=O) groups is 1. The predicted octanol–water partition coefficient (Wildman–Crippen LogP) is 1.73. The summed E-state index contributed by atoms with van der Waals surface area (Å²) < 4.78 is 11.2. The molecule has 1 fully saturated rings. The number of thiophene rings is 1. The summed E-state index contributed by atoms with van der Waals surface area (Å²) in [4.78, 5) is 19.2. The zero-order valence-electron chi connectivity index (χ0n) is 16.3. The molecule has 0 aromatic carbocycles. The van der Waals surface area contributed by atoms with Gasteiger partial charge in [0.15, 0.2) is 5.96 Å². The molecule has 7 nitrogen and oxygen atoms in total. The highest BCUT2D eigenvalue weighted by atomic mass is 127. The van der Waals surface area contributed by atoms with E-state index < -0.39 is 0 Å². The quantitative estimate of drug-likeness (QED) is 0.317. The number of likely N-dealkylation sites (N-methyl/N-ethyl adjacent to an activating group) is 1. The molecule has 0 atom stereocenters. The fourth-order valence-corrected chi connectivity index (χ4v) is 3.37. The fraction of sp³-hybridized carbons (Fsp3) is 0.667. The van der Waals surface area contributed by atoms with Crippen molar-refractivity contribution in [2.45, 2.75) is 24.9 Å². The average Bonchev–Trinajstić information content (AvgIpc) is 3.17. The molecule has 2 heterocycles. The molecule has 0 aliphatic carbocycles. The first-order valence-electron chi connectivity index (χ1n) is 8.92. The van der Waals surface area contributed by atoms with Crippen LogP contribution in [0.3, 0.4) is 0 Å². The van der Waals surface area contributed by atoms with Crippen molar-refractivity contribution in [1.29, 1.82) is 0 Å². The molecule has 1 saturated heterocycles. The summed E-state index contributed by atoms with van der Waals surface area (Å²) in [6.07, 6.45) is 2.61. The first kappa shape index (κ1) is 24.1. The van der Waals surface area contributed by atoms with Crippen LogP contribution in [-0.4, -0.2) is 76.4 Å². The standard InChI is InChI=1S/C18H30N4O3S.HI/c1-22(2)16(23)13-20-17(19-9-6-15-5-4-12-26-15)21-14-18(24-3)7-10-25-11-8-18;/h4-5,12H,6-11,13-14H2,1-3H3,(H2,19,20,21);1H. The number of halogens is 1. The Kier molecular flexibility index (Phi) is 11.2. The molecule has 9 heteroatoms. The van der Waals surface area contributed by atoms with Gasteiger partial charge in [-0.05, 0) is 17.9 Å². The number of hydrogen-bond donors (Lipinski definition) is 2. The lowest BCUT2D eigenvalue weighted by Crippen LogP contribution is -2.51. The van der Waals surface area contributed by atoms with E-state index in [9.17, 15) is 4.79 Å². The number of methoxy groups -OCH3 is 1. The minimum Gasteiger partial charge on any atom is -0.381 e. The summed E-state index contributed by atoms with van der Waals surface area (Å²) in [5.74, 6) is 0.608. The number of aliphatic imine (C=N–C) groups is 1. The van der Waals surface area contributed by atoms with E-state index in [4.69, 9.17) is 9.47 Å². The summed E-state index contributed by atoms with van der Waals surface area (Å²) in [6, 6.07) is 4.17. The van der Waals surface area contributed by atoms with Crippen LogP contribution in [0.4, 0.5) is 0 Å². The molecule has 154 valence electrons. The van der Waals surface area contributed by atoms with Gasteiger partial charge in [-0.1, -0.05) is 6.07 Å². The lowest BCUT2D eigenvalue weighted by molar-refractivity contribution is -0.127. The van der Waals surface area contributed by atoms with Crippen molar-refractivity contribution in [3.05, 3.63) is 22.4 Å². The molecule has 1 aromatic heterocycles. The predicted molar refractivity (Wildman–Crippen MR) is 120 cm³/mol. The summed E-state index contributed by atoms with van der Waals surface area (Å²) in [5, 5.41) is 8.74. The van der Waals surface area contributed by atoms with Gasteiger partial charge >= 0.3 is 0 Å². The maximum Gasteiger partial charge on any atom is 0.243 e. The number of nitrogens with zero attached hydrogens (tertiary/aromatic N) is 2. The van der Waals surface area contributed by atoms with Crippen LogP contribution in [0.15, 0.2) is 22.5 Å². The maximum atomic E-state index is 11.9. The molecule has 0 saturated carbocycles. The Morgan fingerprint density at radius 2 is 2.11 bits per heavy atom. The molecule has 1 amide bonds. The van der Waals surface area contributed by atoms with Gasteiger partial charge in [0, 0.05) is 65.2 Å². The molecule has 0 unspecified atom stereocenters. The highest BCUT2D eigenvalue weighted by Crippen LogP contribution is 2.23. The van der Waals surface area contributed by atoms with Gasteiger partial charge in [0.1, 0.15) is 6.54 Å². The molecular formula is C18H31IN4O3S. The van der Waals surface area contributed by atoms with Gasteiger partial charge in [0.25, 0.3) is 0 Å². The maximum absolute atomic E-state index is 11.9. The zero-order chi connectivity index (χ0) is 18.8. The topological polar surface area (TPSA) is 75.2 Å². The van der Waals surface area contributed by atoms with Crippen LogP contribution in [0.2, 0.25) is 0 Å². The van der Waals surface area contributed by atoms with Crippen molar-refractivity contribution in [2.24, 2.45) is 4.99 Å². The van der Waals surface area contributed by atoms with Crippen molar-refractivity contribution in [1.82, 2.24) is 15.5 Å². The molecule has 1 aromatic rings. The first-order valence-corrected chi connectivity index (χ1v) is 9.80. The van der Waals surface area contributed by atoms with Crippen LogP contribution in [0.1, 0.15) is 17.7 Å². The lowest BCUT2D eigenvalue weighted by Gasteiger charge is -2.36. The number of carbonyl (C=O) groups excluding carboxylic acids is 1. The molecule has 2 rings (SSSR count). The summed E-state index contributed by atoms with van der Waals surface area (Å²) >= 11 is 1.74. The van der Waals surface area contributed by atoms with E-state index >= 15 is 0 Å². The van der Waals surface area contributed by atoms with E-state index in [0.29, 0.717) is 25.7 Å². The van der Waals surface area contributed by atoms with Gasteiger partial charge in [0.05, 0.1) is 5.60 Å². The number of ether oxygens (including phenoxy) is 2. The fourth-order valence-electron chi connectivity index (χ4n) is 2.66. The third-order valence-electron chi connectivity index (χ3n) is 4.53. The van der Waals surface area contributed by atoms with Gasteiger partial charge in [-0.2, -0.15) is 0 Å². The van der Waals surface area contributed by atoms with Crippen LogP contribution in [0.5, 0.6) is 0 Å². The van der Waals surface area contributed by atoms with Crippen molar-refractivity contribution >= 4 is 47.2 Å². The number of amides is 1. The Bertz CT molecular complexity index is 575. The number of rotatable bonds is 8. The van der Waals surface area contributed by atoms with Crippen molar-refractivity contribution < 1.29 is 14.3 Å². The van der Waals surface area contributed by atoms with Crippen LogP contribution >= 0.6 is 35.3 Å².